The number of ether oxygens (including phenoxy) is 2. The van der Waals surface area contributed by atoms with Crippen LogP contribution < -0.4 is 5.43 Å². The number of fused-ring (bicyclic) bond motifs is 1. The summed E-state index contributed by atoms with van der Waals surface area (Å²) in [5, 5.41) is 10.9. The molecule has 3 aromatic rings. The Morgan fingerprint density at radius 3 is 2.75 bits per heavy atom. The van der Waals surface area contributed by atoms with Gasteiger partial charge in [0, 0.05) is 16.0 Å². The van der Waals surface area contributed by atoms with Crippen LogP contribution in [-0.2, 0) is 9.47 Å². The van der Waals surface area contributed by atoms with Gasteiger partial charge in [0.1, 0.15) is 12.0 Å². The van der Waals surface area contributed by atoms with E-state index in [1.54, 1.807) is 18.2 Å². The number of hydrogen-bond acceptors (Lipinski definition) is 5. The highest BCUT2D eigenvalue weighted by atomic mass is 79.9. The lowest BCUT2D eigenvalue weighted by Gasteiger charge is -2.36. The van der Waals surface area contributed by atoms with E-state index in [-0.39, 0.29) is 17.1 Å². The maximum atomic E-state index is 13.2. The first-order valence-corrected chi connectivity index (χ1v) is 12.2. The molecule has 1 aliphatic heterocycles. The summed E-state index contributed by atoms with van der Waals surface area (Å²) in [6.07, 6.45) is 7.22. The molecule has 0 saturated carbocycles. The molecule has 1 aromatic heterocycles. The number of phenols is 1. The Kier molecular flexibility index (Phi) is 7.51. The Bertz CT molecular complexity index is 1190. The van der Waals surface area contributed by atoms with Crippen molar-refractivity contribution in [3.63, 3.8) is 0 Å². The molecule has 0 unspecified atom stereocenters. The zero-order chi connectivity index (χ0) is 22.7. The number of benzene rings is 2. The number of phenolic OH excluding ortho intramolecular Hbond substituents is 1. The van der Waals surface area contributed by atoms with Crippen molar-refractivity contribution in [3.8, 4) is 5.75 Å². The van der Waals surface area contributed by atoms with Gasteiger partial charge < -0.3 is 19.0 Å². The number of hydrogen-bond donors (Lipinski definition) is 1. The number of aromatic hydroxyl groups is 1. The molecule has 2 aromatic carbocycles. The first-order chi connectivity index (χ1) is 15.5. The zero-order valence-electron chi connectivity index (χ0n) is 17.6. The van der Waals surface area contributed by atoms with Crippen molar-refractivity contribution in [2.75, 3.05) is 6.61 Å². The highest BCUT2D eigenvalue weighted by Gasteiger charge is 2.36. The molecule has 0 amide bonds. The van der Waals surface area contributed by atoms with Gasteiger partial charge in [-0.25, -0.2) is 0 Å². The van der Waals surface area contributed by atoms with E-state index in [0.29, 0.717) is 33.2 Å². The molecular weight excluding hydrogens is 540 g/mol. The monoisotopic (exact) mass is 562 g/mol. The number of halogens is 2. The SMILES string of the molecule is CCC/C=C\C[C@@H]1CO[C@H](c2coc3c(Br)cc(Br)cc3c2=O)O[C@@H]1c1ccccc1O. The van der Waals surface area contributed by atoms with Gasteiger partial charge >= 0.3 is 0 Å². The summed E-state index contributed by atoms with van der Waals surface area (Å²) >= 11 is 6.86. The third kappa shape index (κ3) is 4.86. The maximum Gasteiger partial charge on any atom is 0.201 e. The summed E-state index contributed by atoms with van der Waals surface area (Å²) < 4.78 is 19.5. The number of allylic oxidation sites excluding steroid dienone is 2. The fraction of sp³-hybridized carbons (Fsp3) is 0.320. The van der Waals surface area contributed by atoms with E-state index in [9.17, 15) is 9.90 Å². The van der Waals surface area contributed by atoms with Crippen LogP contribution >= 0.6 is 31.9 Å². The number of unbranched alkanes of at least 4 members (excludes halogenated alkanes) is 1. The van der Waals surface area contributed by atoms with Crippen molar-refractivity contribution in [1.29, 1.82) is 0 Å². The van der Waals surface area contributed by atoms with Gasteiger partial charge in [-0.05, 0) is 47.0 Å². The average Bonchev–Trinajstić information content (AvgIpc) is 2.78. The Labute approximate surface area is 203 Å². The lowest BCUT2D eigenvalue weighted by Crippen LogP contribution is -2.32. The van der Waals surface area contributed by atoms with E-state index in [1.165, 1.54) is 6.26 Å². The molecule has 0 spiro atoms. The molecule has 7 heteroatoms. The molecule has 2 heterocycles. The molecule has 32 heavy (non-hydrogen) atoms. The van der Waals surface area contributed by atoms with Gasteiger partial charge in [-0.2, -0.15) is 0 Å². The van der Waals surface area contributed by atoms with Gasteiger partial charge in [0.2, 0.25) is 5.43 Å². The molecule has 0 bridgehead atoms. The van der Waals surface area contributed by atoms with Crippen molar-refractivity contribution in [2.24, 2.45) is 5.92 Å². The highest BCUT2D eigenvalue weighted by Crippen LogP contribution is 2.42. The molecule has 1 aliphatic rings. The summed E-state index contributed by atoms with van der Waals surface area (Å²) in [6, 6.07) is 10.7. The van der Waals surface area contributed by atoms with Crippen molar-refractivity contribution in [2.45, 2.75) is 38.6 Å². The Morgan fingerprint density at radius 2 is 1.97 bits per heavy atom. The molecule has 1 N–H and O–H groups in total. The molecule has 168 valence electrons. The van der Waals surface area contributed by atoms with Gasteiger partial charge in [0.25, 0.3) is 0 Å². The van der Waals surface area contributed by atoms with E-state index in [0.717, 1.165) is 23.7 Å². The smallest absolute Gasteiger partial charge is 0.201 e. The van der Waals surface area contributed by atoms with E-state index < -0.39 is 12.4 Å². The van der Waals surface area contributed by atoms with Gasteiger partial charge in [0.05, 0.1) is 28.1 Å². The number of para-hydroxylation sites is 1. The molecule has 5 nitrogen and oxygen atoms in total. The predicted octanol–water partition coefficient (Wildman–Crippen LogP) is 7.17. The van der Waals surface area contributed by atoms with Crippen LogP contribution in [0.25, 0.3) is 11.0 Å². The van der Waals surface area contributed by atoms with Crippen molar-refractivity contribution in [3.05, 3.63) is 85.1 Å². The second-order valence-corrected chi connectivity index (χ2v) is 9.59. The highest BCUT2D eigenvalue weighted by molar-refractivity contribution is 9.11. The largest absolute Gasteiger partial charge is 0.508 e. The molecule has 0 radical (unpaired) electrons. The van der Waals surface area contributed by atoms with Gasteiger partial charge in [0.15, 0.2) is 11.9 Å². The second kappa shape index (κ2) is 10.3. The van der Waals surface area contributed by atoms with Crippen LogP contribution in [0, 0.1) is 5.92 Å². The molecule has 1 fully saturated rings. The van der Waals surface area contributed by atoms with Gasteiger partial charge in [-0.3, -0.25) is 4.79 Å². The lowest BCUT2D eigenvalue weighted by molar-refractivity contribution is -0.244. The van der Waals surface area contributed by atoms with E-state index in [2.05, 4.69) is 50.9 Å². The minimum absolute atomic E-state index is 0.00319. The van der Waals surface area contributed by atoms with E-state index >= 15 is 0 Å². The third-order valence-corrected chi connectivity index (χ3v) is 6.58. The van der Waals surface area contributed by atoms with E-state index in [1.807, 2.05) is 18.2 Å². The Hall–Kier alpha value is -1.93. The van der Waals surface area contributed by atoms with Crippen LogP contribution in [0.5, 0.6) is 5.75 Å². The average molecular weight is 564 g/mol. The van der Waals surface area contributed by atoms with Crippen molar-refractivity contribution in [1.82, 2.24) is 0 Å². The maximum absolute atomic E-state index is 13.2. The lowest BCUT2D eigenvalue weighted by atomic mass is 9.91. The van der Waals surface area contributed by atoms with Crippen LogP contribution in [0.2, 0.25) is 0 Å². The van der Waals surface area contributed by atoms with Crippen LogP contribution in [0.15, 0.2) is 73.0 Å². The molecular formula is C25H24Br2O5. The summed E-state index contributed by atoms with van der Waals surface area (Å²) in [4.78, 5) is 13.2. The van der Waals surface area contributed by atoms with Gasteiger partial charge in [-0.15, -0.1) is 0 Å². The number of rotatable bonds is 6. The molecule has 0 aliphatic carbocycles. The summed E-state index contributed by atoms with van der Waals surface area (Å²) in [7, 11) is 0. The van der Waals surface area contributed by atoms with Crippen LogP contribution in [-0.4, -0.2) is 11.7 Å². The Balaban J connectivity index is 1.68. The Morgan fingerprint density at radius 1 is 1.16 bits per heavy atom. The van der Waals surface area contributed by atoms with Gasteiger partial charge in [-0.1, -0.05) is 59.6 Å². The molecule has 3 atom stereocenters. The minimum Gasteiger partial charge on any atom is -0.508 e. The second-order valence-electron chi connectivity index (χ2n) is 7.82. The van der Waals surface area contributed by atoms with Crippen molar-refractivity contribution >= 4 is 42.8 Å². The zero-order valence-corrected chi connectivity index (χ0v) is 20.8. The normalized spacial score (nSPS) is 21.4. The van der Waals surface area contributed by atoms with Crippen molar-refractivity contribution < 1.29 is 19.0 Å². The summed E-state index contributed by atoms with van der Waals surface area (Å²) in [6.45, 7) is 2.53. The van der Waals surface area contributed by atoms with Crippen LogP contribution in [0.3, 0.4) is 0 Å². The first kappa shape index (κ1) is 23.2. The minimum atomic E-state index is -0.895. The quantitative estimate of drug-likeness (QED) is 0.322. The topological polar surface area (TPSA) is 68.9 Å². The molecule has 4 rings (SSSR count). The first-order valence-electron chi connectivity index (χ1n) is 10.6. The summed E-state index contributed by atoms with van der Waals surface area (Å²) in [5.74, 6) is 0.169. The fourth-order valence-electron chi connectivity index (χ4n) is 3.89. The third-order valence-electron chi connectivity index (χ3n) is 5.54. The standard InChI is InChI=1S/C25H24Br2O5/c1-2-3-4-5-8-15-13-31-25(32-23(15)17-9-6-7-10-21(17)28)19-14-30-24-18(22(19)29)11-16(26)12-20(24)27/h4-7,9-12,14-15,23,25,28H,2-3,8,13H2,1H3/b5-4-/t15-,23+,25+/m1/s1. The van der Waals surface area contributed by atoms with E-state index in [4.69, 9.17) is 13.9 Å². The fourth-order valence-corrected chi connectivity index (χ4v) is 5.21. The predicted molar refractivity (Wildman–Crippen MR) is 131 cm³/mol. The van der Waals surface area contributed by atoms with Crippen LogP contribution in [0.4, 0.5) is 0 Å². The summed E-state index contributed by atoms with van der Waals surface area (Å²) in [5.41, 5.74) is 1.23. The van der Waals surface area contributed by atoms with Crippen LogP contribution in [0.1, 0.15) is 49.7 Å². The molecule has 1 saturated heterocycles.